The van der Waals surface area contributed by atoms with Gasteiger partial charge in [-0.2, -0.15) is 0 Å². The molecule has 42 valence electrons. The van der Waals surface area contributed by atoms with Crippen LogP contribution in [-0.2, 0) is 0 Å². The minimum atomic E-state index is -1.35. The van der Waals surface area contributed by atoms with Crippen molar-refractivity contribution in [2.75, 3.05) is 0 Å². The summed E-state index contributed by atoms with van der Waals surface area (Å²) in [6.45, 7) is 1.59. The molecule has 0 heterocycles. The summed E-state index contributed by atoms with van der Waals surface area (Å²) >= 11 is 20.3. The number of thiocarbonyl (C=S) groups is 1. The van der Waals surface area contributed by atoms with Crippen molar-refractivity contribution in [2.45, 2.75) is 10.7 Å². The molecular weight excluding hydrogens is 174 g/mol. The third-order valence-corrected chi connectivity index (χ3v) is 1.89. The molecule has 7 heavy (non-hydrogen) atoms. The van der Waals surface area contributed by atoms with E-state index in [2.05, 4.69) is 12.2 Å². The van der Waals surface area contributed by atoms with E-state index in [4.69, 9.17) is 34.8 Å². The number of halogens is 3. The molecule has 0 spiro atoms. The Bertz CT molecular complexity index is 82.7. The second-order valence-electron chi connectivity index (χ2n) is 1.05. The molecule has 0 fully saturated rings. The molecule has 0 nitrogen and oxygen atoms in total. The molecular formula is C3H3Cl3S. The fraction of sp³-hybridized carbons (Fsp3) is 0.667. The van der Waals surface area contributed by atoms with Gasteiger partial charge in [0.05, 0.1) is 0 Å². The highest BCUT2D eigenvalue weighted by Gasteiger charge is 2.21. The van der Waals surface area contributed by atoms with E-state index in [1.165, 1.54) is 0 Å². The number of hydrogen-bond donors (Lipinski definition) is 0. The molecule has 0 rings (SSSR count). The van der Waals surface area contributed by atoms with Crippen molar-refractivity contribution < 1.29 is 0 Å². The highest BCUT2D eigenvalue weighted by molar-refractivity contribution is 7.81. The molecule has 0 bridgehead atoms. The molecule has 0 aliphatic rings. The van der Waals surface area contributed by atoms with Crippen LogP contribution >= 0.6 is 47.0 Å². The maximum absolute atomic E-state index is 5.26. The summed E-state index contributed by atoms with van der Waals surface area (Å²) in [5.41, 5.74) is 0. The third-order valence-electron chi connectivity index (χ3n) is 0.399. The van der Waals surface area contributed by atoms with Gasteiger partial charge in [-0.1, -0.05) is 47.0 Å². The maximum atomic E-state index is 5.26. The van der Waals surface area contributed by atoms with Crippen LogP contribution in [0.1, 0.15) is 6.92 Å². The smallest absolute Gasteiger partial charge is 0.0854 e. The van der Waals surface area contributed by atoms with Gasteiger partial charge in [0.1, 0.15) is 0 Å². The van der Waals surface area contributed by atoms with Gasteiger partial charge in [0, 0.05) is 4.86 Å². The Morgan fingerprint density at radius 1 is 1.43 bits per heavy atom. The van der Waals surface area contributed by atoms with E-state index in [0.717, 1.165) is 0 Å². The van der Waals surface area contributed by atoms with Gasteiger partial charge in [-0.25, -0.2) is 0 Å². The maximum Gasteiger partial charge on any atom is 0.221 e. The lowest BCUT2D eigenvalue weighted by Gasteiger charge is -2.05. The summed E-state index contributed by atoms with van der Waals surface area (Å²) in [6.07, 6.45) is 0. The fourth-order valence-electron chi connectivity index (χ4n) is 0. The van der Waals surface area contributed by atoms with Gasteiger partial charge in [0.15, 0.2) is 0 Å². The molecule has 0 saturated carbocycles. The van der Waals surface area contributed by atoms with Crippen LogP contribution in [0.25, 0.3) is 0 Å². The normalized spacial score (nSPS) is 11.4. The zero-order valence-electron chi connectivity index (χ0n) is 3.54. The fourth-order valence-corrected chi connectivity index (χ4v) is 0. The predicted octanol–water partition coefficient (Wildman–Crippen LogP) is 2.75. The van der Waals surface area contributed by atoms with Gasteiger partial charge >= 0.3 is 0 Å². The van der Waals surface area contributed by atoms with Gasteiger partial charge in [-0.15, -0.1) is 0 Å². The second-order valence-corrected chi connectivity index (χ2v) is 3.95. The standard InChI is InChI=1S/C3H3Cl3S/c1-2(7)3(4,5)6/h1H3. The zero-order valence-corrected chi connectivity index (χ0v) is 6.63. The van der Waals surface area contributed by atoms with Gasteiger partial charge < -0.3 is 0 Å². The molecule has 0 unspecified atom stereocenters. The molecule has 0 aliphatic heterocycles. The van der Waals surface area contributed by atoms with Crippen LogP contribution in [0.4, 0.5) is 0 Å². The minimum Gasteiger partial charge on any atom is -0.0854 e. The van der Waals surface area contributed by atoms with Gasteiger partial charge in [0.2, 0.25) is 3.79 Å². The van der Waals surface area contributed by atoms with E-state index in [1.807, 2.05) is 0 Å². The summed E-state index contributed by atoms with van der Waals surface area (Å²) in [5.74, 6) is 0. The predicted molar refractivity (Wildman–Crippen MR) is 38.6 cm³/mol. The summed E-state index contributed by atoms with van der Waals surface area (Å²) in [6, 6.07) is 0. The van der Waals surface area contributed by atoms with Crippen LogP contribution in [0.15, 0.2) is 0 Å². The SMILES string of the molecule is CC(=S)C(Cl)(Cl)Cl. The van der Waals surface area contributed by atoms with Crippen LogP contribution in [0, 0.1) is 0 Å². The van der Waals surface area contributed by atoms with Crippen molar-refractivity contribution in [3.8, 4) is 0 Å². The average Bonchev–Trinajstić information content (AvgIpc) is 1.31. The monoisotopic (exact) mass is 176 g/mol. The third kappa shape index (κ3) is 3.53. The van der Waals surface area contributed by atoms with Crippen molar-refractivity contribution in [1.29, 1.82) is 0 Å². The summed E-state index contributed by atoms with van der Waals surface area (Å²) < 4.78 is -1.35. The first-order valence-electron chi connectivity index (χ1n) is 1.52. The lowest BCUT2D eigenvalue weighted by atomic mass is 10.6. The number of hydrogen-bond acceptors (Lipinski definition) is 1. The Hall–Kier alpha value is 0.960. The Labute approximate surface area is 62.7 Å². The van der Waals surface area contributed by atoms with E-state index in [-0.39, 0.29) is 0 Å². The second kappa shape index (κ2) is 2.49. The molecule has 0 aromatic rings. The lowest BCUT2D eigenvalue weighted by Crippen LogP contribution is -2.11. The minimum absolute atomic E-state index is 0.373. The molecule has 0 N–H and O–H groups in total. The van der Waals surface area contributed by atoms with E-state index < -0.39 is 3.79 Å². The van der Waals surface area contributed by atoms with Gasteiger partial charge in [0.25, 0.3) is 0 Å². The van der Waals surface area contributed by atoms with Crippen molar-refractivity contribution in [3.63, 3.8) is 0 Å². The molecule has 0 atom stereocenters. The van der Waals surface area contributed by atoms with Crippen molar-refractivity contribution in [2.24, 2.45) is 0 Å². The molecule has 0 radical (unpaired) electrons. The van der Waals surface area contributed by atoms with Gasteiger partial charge in [-0.3, -0.25) is 0 Å². The largest absolute Gasteiger partial charge is 0.221 e. The van der Waals surface area contributed by atoms with Crippen LogP contribution in [0.5, 0.6) is 0 Å². The first-order valence-corrected chi connectivity index (χ1v) is 3.06. The highest BCUT2D eigenvalue weighted by Crippen LogP contribution is 2.27. The Morgan fingerprint density at radius 3 is 1.57 bits per heavy atom. The molecule has 4 heteroatoms. The molecule has 0 amide bonds. The Morgan fingerprint density at radius 2 is 1.57 bits per heavy atom. The van der Waals surface area contributed by atoms with E-state index >= 15 is 0 Å². The van der Waals surface area contributed by atoms with Crippen LogP contribution < -0.4 is 0 Å². The Balaban J connectivity index is 3.79. The van der Waals surface area contributed by atoms with Crippen molar-refractivity contribution >= 4 is 51.9 Å². The van der Waals surface area contributed by atoms with E-state index in [1.54, 1.807) is 6.92 Å². The average molecular weight is 177 g/mol. The number of rotatable bonds is 0. The molecule has 0 aromatic carbocycles. The molecule has 0 aliphatic carbocycles. The van der Waals surface area contributed by atoms with Gasteiger partial charge in [-0.05, 0) is 6.92 Å². The van der Waals surface area contributed by atoms with Crippen LogP contribution in [0.2, 0.25) is 0 Å². The van der Waals surface area contributed by atoms with Crippen molar-refractivity contribution in [3.05, 3.63) is 0 Å². The number of alkyl halides is 3. The summed E-state index contributed by atoms with van der Waals surface area (Å²) in [7, 11) is 0. The first-order chi connectivity index (χ1) is 2.94. The zero-order chi connectivity index (χ0) is 6.08. The van der Waals surface area contributed by atoms with E-state index in [9.17, 15) is 0 Å². The first kappa shape index (κ1) is 7.96. The van der Waals surface area contributed by atoms with E-state index in [0.29, 0.717) is 4.86 Å². The molecule has 0 aromatic heterocycles. The molecule has 0 saturated heterocycles. The van der Waals surface area contributed by atoms with Crippen LogP contribution in [-0.4, -0.2) is 8.66 Å². The lowest BCUT2D eigenvalue weighted by molar-refractivity contribution is 1.58. The Kier molecular flexibility index (Phi) is 2.83. The topological polar surface area (TPSA) is 0 Å². The summed E-state index contributed by atoms with van der Waals surface area (Å²) in [4.78, 5) is 0.373. The van der Waals surface area contributed by atoms with Crippen LogP contribution in [0.3, 0.4) is 0 Å². The highest BCUT2D eigenvalue weighted by atomic mass is 35.6. The van der Waals surface area contributed by atoms with Crippen molar-refractivity contribution in [1.82, 2.24) is 0 Å². The summed E-state index contributed by atoms with van der Waals surface area (Å²) in [5, 5.41) is 0. The quantitative estimate of drug-likeness (QED) is 0.405.